The fourth-order valence-electron chi connectivity index (χ4n) is 2.82. The maximum Gasteiger partial charge on any atom is 0.251 e. The molecule has 2 rings (SSSR count). The highest BCUT2D eigenvalue weighted by atomic mass is 35.5. The molecule has 3 N–H and O–H groups in total. The topological polar surface area (TPSA) is 55.1 Å². The third kappa shape index (κ3) is 4.63. The molecule has 1 unspecified atom stereocenters. The number of carbonyl (C=O) groups is 1. The van der Waals surface area contributed by atoms with Crippen molar-refractivity contribution in [3.63, 3.8) is 0 Å². The van der Waals surface area contributed by atoms with Gasteiger partial charge in [-0.3, -0.25) is 4.79 Å². The van der Waals surface area contributed by atoms with Gasteiger partial charge in [0.2, 0.25) is 0 Å². The van der Waals surface area contributed by atoms with E-state index in [-0.39, 0.29) is 18.3 Å². The molecule has 1 amide bonds. The zero-order valence-corrected chi connectivity index (χ0v) is 13.8. The quantitative estimate of drug-likeness (QED) is 0.778. The molecule has 3 nitrogen and oxygen atoms in total. The van der Waals surface area contributed by atoms with Crippen LogP contribution in [0.5, 0.6) is 0 Å². The Morgan fingerprint density at radius 3 is 2.71 bits per heavy atom. The summed E-state index contributed by atoms with van der Waals surface area (Å²) in [7, 11) is 0. The van der Waals surface area contributed by atoms with Gasteiger partial charge in [-0.2, -0.15) is 0 Å². The zero-order valence-electron chi connectivity index (χ0n) is 13.0. The lowest BCUT2D eigenvalue weighted by Crippen LogP contribution is -2.43. The van der Waals surface area contributed by atoms with Crippen LogP contribution >= 0.6 is 12.4 Å². The Labute approximate surface area is 134 Å². The van der Waals surface area contributed by atoms with E-state index in [1.807, 2.05) is 19.1 Å². The third-order valence-corrected chi connectivity index (χ3v) is 4.41. The number of amides is 1. The van der Waals surface area contributed by atoms with Crippen molar-refractivity contribution in [2.24, 2.45) is 5.92 Å². The second kappa shape index (κ2) is 8.28. The number of carbonyl (C=O) groups excluding carboxylic acids is 1. The van der Waals surface area contributed by atoms with E-state index in [0.29, 0.717) is 23.2 Å². The molecular formula is C17H27ClN2O. The van der Waals surface area contributed by atoms with Crippen LogP contribution in [-0.2, 0) is 0 Å². The summed E-state index contributed by atoms with van der Waals surface area (Å²) >= 11 is 0. The number of anilines is 1. The van der Waals surface area contributed by atoms with Crippen LogP contribution < -0.4 is 11.1 Å². The molecule has 0 heterocycles. The van der Waals surface area contributed by atoms with Crippen molar-refractivity contribution in [3.8, 4) is 0 Å². The lowest BCUT2D eigenvalue weighted by molar-refractivity contribution is 0.0894. The van der Waals surface area contributed by atoms with Crippen molar-refractivity contribution in [2.75, 3.05) is 5.73 Å². The SMILES string of the molecule is CCCCC(NC(=O)c1cc(N)ccc1C)C1CCC1.Cl. The van der Waals surface area contributed by atoms with E-state index < -0.39 is 0 Å². The van der Waals surface area contributed by atoms with Crippen LogP contribution in [0.1, 0.15) is 61.4 Å². The Bertz CT molecular complexity index is 472. The lowest BCUT2D eigenvalue weighted by Gasteiger charge is -2.34. The Morgan fingerprint density at radius 2 is 2.14 bits per heavy atom. The Hall–Kier alpha value is -1.22. The first-order valence-electron chi connectivity index (χ1n) is 7.78. The molecule has 1 saturated carbocycles. The predicted octanol–water partition coefficient (Wildman–Crippen LogP) is 4.09. The highest BCUT2D eigenvalue weighted by molar-refractivity contribution is 5.96. The molecule has 0 saturated heterocycles. The van der Waals surface area contributed by atoms with Gasteiger partial charge >= 0.3 is 0 Å². The molecule has 21 heavy (non-hydrogen) atoms. The maximum absolute atomic E-state index is 12.5. The first kappa shape index (κ1) is 17.8. The summed E-state index contributed by atoms with van der Waals surface area (Å²) in [6, 6.07) is 5.86. The first-order chi connectivity index (χ1) is 9.61. The minimum absolute atomic E-state index is 0. The van der Waals surface area contributed by atoms with Gasteiger partial charge in [-0.15, -0.1) is 12.4 Å². The van der Waals surface area contributed by atoms with Crippen molar-refractivity contribution in [1.82, 2.24) is 5.32 Å². The normalized spacial score (nSPS) is 15.7. The van der Waals surface area contributed by atoms with Crippen LogP contribution in [-0.4, -0.2) is 11.9 Å². The highest BCUT2D eigenvalue weighted by Gasteiger charge is 2.28. The molecule has 1 aliphatic rings. The van der Waals surface area contributed by atoms with E-state index in [1.54, 1.807) is 6.07 Å². The molecule has 0 radical (unpaired) electrons. The van der Waals surface area contributed by atoms with Crippen LogP contribution in [0.3, 0.4) is 0 Å². The number of benzene rings is 1. The van der Waals surface area contributed by atoms with Crippen molar-refractivity contribution in [2.45, 2.75) is 58.4 Å². The van der Waals surface area contributed by atoms with Crippen LogP contribution in [0.15, 0.2) is 18.2 Å². The largest absolute Gasteiger partial charge is 0.399 e. The molecule has 4 heteroatoms. The third-order valence-electron chi connectivity index (χ3n) is 4.41. The second-order valence-corrected chi connectivity index (χ2v) is 5.99. The first-order valence-corrected chi connectivity index (χ1v) is 7.78. The maximum atomic E-state index is 12.5. The molecule has 0 bridgehead atoms. The molecule has 1 atom stereocenters. The summed E-state index contributed by atoms with van der Waals surface area (Å²) in [5.74, 6) is 0.703. The number of nitrogen functional groups attached to an aromatic ring is 1. The fraction of sp³-hybridized carbons (Fsp3) is 0.588. The van der Waals surface area contributed by atoms with Gasteiger partial charge in [0, 0.05) is 17.3 Å². The number of unbranched alkanes of at least 4 members (excludes halogenated alkanes) is 1. The van der Waals surface area contributed by atoms with Gasteiger partial charge in [-0.1, -0.05) is 32.3 Å². The number of hydrogen-bond donors (Lipinski definition) is 2. The van der Waals surface area contributed by atoms with E-state index in [2.05, 4.69) is 12.2 Å². The number of nitrogens with one attached hydrogen (secondary N) is 1. The van der Waals surface area contributed by atoms with E-state index in [4.69, 9.17) is 5.73 Å². The van der Waals surface area contributed by atoms with Gasteiger partial charge in [-0.05, 0) is 49.8 Å². The molecule has 0 spiro atoms. The molecular weight excluding hydrogens is 284 g/mol. The number of rotatable bonds is 6. The fourth-order valence-corrected chi connectivity index (χ4v) is 2.82. The lowest BCUT2D eigenvalue weighted by atomic mass is 9.78. The minimum Gasteiger partial charge on any atom is -0.399 e. The van der Waals surface area contributed by atoms with Crippen LogP contribution in [0.25, 0.3) is 0 Å². The monoisotopic (exact) mass is 310 g/mol. The Kier molecular flexibility index (Phi) is 7.03. The van der Waals surface area contributed by atoms with E-state index in [0.717, 1.165) is 12.0 Å². The molecule has 0 aromatic heterocycles. The summed E-state index contributed by atoms with van der Waals surface area (Å²) < 4.78 is 0. The van der Waals surface area contributed by atoms with E-state index in [9.17, 15) is 4.79 Å². The number of halogens is 1. The van der Waals surface area contributed by atoms with Crippen LogP contribution in [0, 0.1) is 12.8 Å². The van der Waals surface area contributed by atoms with E-state index in [1.165, 1.54) is 32.1 Å². The number of aryl methyl sites for hydroxylation is 1. The van der Waals surface area contributed by atoms with Crippen molar-refractivity contribution >= 4 is 24.0 Å². The Balaban J connectivity index is 0.00000220. The summed E-state index contributed by atoms with van der Waals surface area (Å²) in [4.78, 5) is 12.5. The summed E-state index contributed by atoms with van der Waals surface area (Å²) in [5, 5.41) is 3.24. The minimum atomic E-state index is 0. The average Bonchev–Trinajstić information content (AvgIpc) is 2.36. The second-order valence-electron chi connectivity index (χ2n) is 5.99. The molecule has 118 valence electrons. The molecule has 1 aromatic rings. The summed E-state index contributed by atoms with van der Waals surface area (Å²) in [6.45, 7) is 4.15. The highest BCUT2D eigenvalue weighted by Crippen LogP contribution is 2.32. The molecule has 1 aliphatic carbocycles. The van der Waals surface area contributed by atoms with Gasteiger partial charge in [0.1, 0.15) is 0 Å². The number of nitrogens with two attached hydrogens (primary N) is 1. The zero-order chi connectivity index (χ0) is 14.5. The molecule has 1 fully saturated rings. The van der Waals surface area contributed by atoms with Crippen molar-refractivity contribution < 1.29 is 4.79 Å². The summed E-state index contributed by atoms with van der Waals surface area (Å²) in [5.41, 5.74) is 8.14. The standard InChI is InChI=1S/C17H26N2O.ClH/c1-3-4-8-16(13-6-5-7-13)19-17(20)15-11-14(18)10-9-12(15)2;/h9-11,13,16H,3-8,18H2,1-2H3,(H,19,20);1H. The molecule has 0 aliphatic heterocycles. The van der Waals surface area contributed by atoms with E-state index >= 15 is 0 Å². The number of hydrogen-bond acceptors (Lipinski definition) is 2. The predicted molar refractivity (Wildman–Crippen MR) is 91.0 cm³/mol. The van der Waals surface area contributed by atoms with Gasteiger partial charge in [0.05, 0.1) is 0 Å². The van der Waals surface area contributed by atoms with Crippen molar-refractivity contribution in [3.05, 3.63) is 29.3 Å². The average molecular weight is 311 g/mol. The van der Waals surface area contributed by atoms with Gasteiger partial charge < -0.3 is 11.1 Å². The smallest absolute Gasteiger partial charge is 0.251 e. The Morgan fingerprint density at radius 1 is 1.43 bits per heavy atom. The van der Waals surface area contributed by atoms with Crippen LogP contribution in [0.2, 0.25) is 0 Å². The van der Waals surface area contributed by atoms with Gasteiger partial charge in [-0.25, -0.2) is 0 Å². The van der Waals surface area contributed by atoms with Crippen LogP contribution in [0.4, 0.5) is 5.69 Å². The van der Waals surface area contributed by atoms with Gasteiger partial charge in [0.15, 0.2) is 0 Å². The summed E-state index contributed by atoms with van der Waals surface area (Å²) in [6.07, 6.45) is 7.26. The molecule has 1 aromatic carbocycles. The van der Waals surface area contributed by atoms with Gasteiger partial charge in [0.25, 0.3) is 5.91 Å². The van der Waals surface area contributed by atoms with Crippen molar-refractivity contribution in [1.29, 1.82) is 0 Å².